The molecule has 0 aliphatic carbocycles. The Balaban J connectivity index is 1.43. The standard InChI is InChI=1S/C29H21ClINO6S2/c1-2-37-25-15-18(14-24(31)27(25)38-40(35,36)22-12-10-21(30)11-13-22)16-26-28(33)32(29(34)39-26)17-20-8-5-7-19-6-3-4-9-23(19)20/h3-16H,2,17H2,1H3/b26-16-. The minimum Gasteiger partial charge on any atom is -0.490 e. The van der Waals surface area contributed by atoms with Gasteiger partial charge in [0.2, 0.25) is 0 Å². The quantitative estimate of drug-likeness (QED) is 0.107. The van der Waals surface area contributed by atoms with Gasteiger partial charge in [-0.15, -0.1) is 0 Å². The number of carbonyl (C=O) groups is 2. The fourth-order valence-electron chi connectivity index (χ4n) is 4.16. The molecule has 0 unspecified atom stereocenters. The molecule has 40 heavy (non-hydrogen) atoms. The number of amides is 2. The highest BCUT2D eigenvalue weighted by Gasteiger charge is 2.35. The van der Waals surface area contributed by atoms with Crippen molar-refractivity contribution in [2.75, 3.05) is 6.61 Å². The van der Waals surface area contributed by atoms with Crippen LogP contribution in [0.3, 0.4) is 0 Å². The Morgan fingerprint density at radius 2 is 1.73 bits per heavy atom. The van der Waals surface area contributed by atoms with Crippen LogP contribution in [0, 0.1) is 3.57 Å². The van der Waals surface area contributed by atoms with E-state index in [-0.39, 0.29) is 39.7 Å². The predicted molar refractivity (Wildman–Crippen MR) is 165 cm³/mol. The van der Waals surface area contributed by atoms with Gasteiger partial charge in [0.05, 0.1) is 21.6 Å². The average molecular weight is 706 g/mol. The Bertz CT molecular complexity index is 1770. The molecule has 11 heteroatoms. The number of nitrogens with zero attached hydrogens (tertiary/aromatic N) is 1. The Morgan fingerprint density at radius 3 is 2.48 bits per heavy atom. The van der Waals surface area contributed by atoms with Crippen LogP contribution in [0.4, 0.5) is 4.79 Å². The van der Waals surface area contributed by atoms with Crippen LogP contribution in [0.2, 0.25) is 5.02 Å². The van der Waals surface area contributed by atoms with Crippen LogP contribution < -0.4 is 8.92 Å². The van der Waals surface area contributed by atoms with E-state index in [1.54, 1.807) is 25.1 Å². The second-order valence-electron chi connectivity index (χ2n) is 8.66. The molecule has 4 aromatic rings. The summed E-state index contributed by atoms with van der Waals surface area (Å²) in [7, 11) is -4.17. The van der Waals surface area contributed by atoms with Crippen molar-refractivity contribution < 1.29 is 26.9 Å². The maximum Gasteiger partial charge on any atom is 0.339 e. The van der Waals surface area contributed by atoms with Crippen molar-refractivity contribution in [2.24, 2.45) is 0 Å². The summed E-state index contributed by atoms with van der Waals surface area (Å²) in [5.74, 6) is -0.187. The van der Waals surface area contributed by atoms with Gasteiger partial charge in [0, 0.05) is 5.02 Å². The van der Waals surface area contributed by atoms with Crippen LogP contribution >= 0.6 is 46.0 Å². The summed E-state index contributed by atoms with van der Waals surface area (Å²) < 4.78 is 37.4. The fourth-order valence-corrected chi connectivity index (χ4v) is 6.97. The second-order valence-corrected chi connectivity index (χ2v) is 12.8. The van der Waals surface area contributed by atoms with Crippen molar-refractivity contribution in [3.8, 4) is 11.5 Å². The highest BCUT2D eigenvalue weighted by Crippen LogP contribution is 2.39. The summed E-state index contributed by atoms with van der Waals surface area (Å²) in [5.41, 5.74) is 1.43. The van der Waals surface area contributed by atoms with E-state index in [4.69, 9.17) is 20.5 Å². The predicted octanol–water partition coefficient (Wildman–Crippen LogP) is 7.50. The Labute approximate surface area is 254 Å². The molecule has 1 heterocycles. The number of rotatable bonds is 8. The molecule has 1 fully saturated rings. The molecule has 0 spiro atoms. The van der Waals surface area contributed by atoms with Gasteiger partial charge >= 0.3 is 10.1 Å². The number of ether oxygens (including phenoxy) is 1. The van der Waals surface area contributed by atoms with E-state index >= 15 is 0 Å². The average Bonchev–Trinajstić information content (AvgIpc) is 3.18. The molecule has 1 aliphatic heterocycles. The number of carbonyl (C=O) groups excluding carboxylic acids is 2. The van der Waals surface area contributed by atoms with E-state index in [1.807, 2.05) is 65.1 Å². The lowest BCUT2D eigenvalue weighted by atomic mass is 10.0. The molecular formula is C29H21ClINO6S2. The Hall–Kier alpha value is -3.06. The maximum atomic E-state index is 13.3. The molecular weight excluding hydrogens is 685 g/mol. The van der Waals surface area contributed by atoms with E-state index < -0.39 is 16.0 Å². The number of hydrogen-bond donors (Lipinski definition) is 0. The van der Waals surface area contributed by atoms with E-state index in [0.717, 1.165) is 28.1 Å². The number of benzene rings is 4. The van der Waals surface area contributed by atoms with Gasteiger partial charge < -0.3 is 8.92 Å². The zero-order chi connectivity index (χ0) is 28.4. The SMILES string of the molecule is CCOc1cc(/C=C2\SC(=O)N(Cc3cccc4ccccc34)C2=O)cc(I)c1OS(=O)(=O)c1ccc(Cl)cc1. The molecule has 1 saturated heterocycles. The summed E-state index contributed by atoms with van der Waals surface area (Å²) in [6.45, 7) is 2.16. The van der Waals surface area contributed by atoms with E-state index in [2.05, 4.69) is 0 Å². The molecule has 0 aromatic heterocycles. The zero-order valence-electron chi connectivity index (χ0n) is 21.0. The third-order valence-electron chi connectivity index (χ3n) is 6.01. The first-order valence-electron chi connectivity index (χ1n) is 12.0. The second kappa shape index (κ2) is 11.8. The van der Waals surface area contributed by atoms with E-state index in [9.17, 15) is 18.0 Å². The molecule has 1 aliphatic rings. The molecule has 0 saturated carbocycles. The fraction of sp³-hybridized carbons (Fsp3) is 0.103. The van der Waals surface area contributed by atoms with Gasteiger partial charge in [-0.2, -0.15) is 8.42 Å². The highest BCUT2D eigenvalue weighted by atomic mass is 127. The van der Waals surface area contributed by atoms with Crippen LogP contribution in [0.25, 0.3) is 16.8 Å². The first kappa shape index (κ1) is 28.5. The summed E-state index contributed by atoms with van der Waals surface area (Å²) >= 11 is 8.69. The lowest BCUT2D eigenvalue weighted by Crippen LogP contribution is -2.27. The van der Waals surface area contributed by atoms with Crippen molar-refractivity contribution >= 4 is 84.1 Å². The smallest absolute Gasteiger partial charge is 0.339 e. The zero-order valence-corrected chi connectivity index (χ0v) is 25.5. The van der Waals surface area contributed by atoms with E-state index in [0.29, 0.717) is 14.2 Å². The molecule has 0 radical (unpaired) electrons. The largest absolute Gasteiger partial charge is 0.490 e. The lowest BCUT2D eigenvalue weighted by molar-refractivity contribution is -0.123. The third-order valence-corrected chi connectivity index (χ3v) is 9.20. The lowest BCUT2D eigenvalue weighted by Gasteiger charge is -2.15. The van der Waals surface area contributed by atoms with Crippen molar-refractivity contribution in [1.29, 1.82) is 0 Å². The molecule has 2 amide bonds. The first-order chi connectivity index (χ1) is 19.2. The molecule has 204 valence electrons. The number of imide groups is 1. The number of hydrogen-bond acceptors (Lipinski definition) is 7. The van der Waals surface area contributed by atoms with Gasteiger partial charge in [-0.3, -0.25) is 14.5 Å². The first-order valence-corrected chi connectivity index (χ1v) is 15.7. The molecule has 0 N–H and O–H groups in total. The Kier molecular flexibility index (Phi) is 8.41. The minimum absolute atomic E-state index is 0.0265. The van der Waals surface area contributed by atoms with Gasteiger partial charge in [-0.1, -0.05) is 54.1 Å². The van der Waals surface area contributed by atoms with Crippen molar-refractivity contribution in [3.05, 3.63) is 103 Å². The van der Waals surface area contributed by atoms with E-state index in [1.165, 1.54) is 29.2 Å². The highest BCUT2D eigenvalue weighted by molar-refractivity contribution is 14.1. The van der Waals surface area contributed by atoms with Crippen LogP contribution in [0.5, 0.6) is 11.5 Å². The summed E-state index contributed by atoms with van der Waals surface area (Å²) in [6, 6.07) is 22.5. The van der Waals surface area contributed by atoms with Crippen LogP contribution in [0.15, 0.2) is 88.7 Å². The van der Waals surface area contributed by atoms with Crippen molar-refractivity contribution in [3.63, 3.8) is 0 Å². The monoisotopic (exact) mass is 705 g/mol. The molecule has 0 atom stereocenters. The van der Waals surface area contributed by atoms with Crippen LogP contribution in [-0.4, -0.2) is 31.1 Å². The number of fused-ring (bicyclic) bond motifs is 1. The van der Waals surface area contributed by atoms with Crippen molar-refractivity contribution in [2.45, 2.75) is 18.4 Å². The van der Waals surface area contributed by atoms with Gasteiger partial charge in [0.25, 0.3) is 11.1 Å². The molecule has 5 rings (SSSR count). The molecule has 7 nitrogen and oxygen atoms in total. The van der Waals surface area contributed by atoms with Crippen LogP contribution in [0.1, 0.15) is 18.1 Å². The normalized spacial score (nSPS) is 14.8. The van der Waals surface area contributed by atoms with Gasteiger partial charge in [0.1, 0.15) is 4.90 Å². The molecule has 4 aromatic carbocycles. The Morgan fingerprint density at radius 1 is 1.00 bits per heavy atom. The van der Waals surface area contributed by atoms with Crippen molar-refractivity contribution in [1.82, 2.24) is 4.90 Å². The summed E-state index contributed by atoms with van der Waals surface area (Å²) in [5, 5.41) is 2.04. The van der Waals surface area contributed by atoms with Gasteiger partial charge in [-0.25, -0.2) is 0 Å². The maximum absolute atomic E-state index is 13.3. The topological polar surface area (TPSA) is 90.0 Å². The third kappa shape index (κ3) is 5.99. The molecule has 0 bridgehead atoms. The minimum atomic E-state index is -4.17. The van der Waals surface area contributed by atoms with Crippen LogP contribution in [-0.2, 0) is 21.5 Å². The summed E-state index contributed by atoms with van der Waals surface area (Å²) in [6.07, 6.45) is 1.59. The van der Waals surface area contributed by atoms with Gasteiger partial charge in [-0.05, 0) is 106 Å². The van der Waals surface area contributed by atoms with Gasteiger partial charge in [0.15, 0.2) is 11.5 Å². The summed E-state index contributed by atoms with van der Waals surface area (Å²) in [4.78, 5) is 27.5. The number of halogens is 2. The number of thioether (sulfide) groups is 1.